The fourth-order valence-corrected chi connectivity index (χ4v) is 6.08. The van der Waals surface area contributed by atoms with Gasteiger partial charge in [0, 0.05) is 46.8 Å². The molecule has 0 aliphatic heterocycles. The Kier molecular flexibility index (Phi) is 10.3. The van der Waals surface area contributed by atoms with Crippen LogP contribution in [0.5, 0.6) is 0 Å². The van der Waals surface area contributed by atoms with Gasteiger partial charge in [-0.05, 0) is 73.9 Å². The van der Waals surface area contributed by atoms with E-state index in [1.165, 1.54) is 12.1 Å². The number of halogens is 3. The summed E-state index contributed by atoms with van der Waals surface area (Å²) >= 11 is 12.7. The lowest BCUT2D eigenvalue weighted by atomic mass is 9.88. The molecule has 5 nitrogen and oxygen atoms in total. The van der Waals surface area contributed by atoms with E-state index in [0.29, 0.717) is 40.1 Å². The Morgan fingerprint density at radius 1 is 1.15 bits per heavy atom. The van der Waals surface area contributed by atoms with E-state index in [1.54, 1.807) is 12.1 Å². The summed E-state index contributed by atoms with van der Waals surface area (Å²) in [4.78, 5) is 14.1. The molecule has 0 saturated carbocycles. The minimum atomic E-state index is -1.32. The van der Waals surface area contributed by atoms with Crippen LogP contribution in [-0.4, -0.2) is 42.9 Å². The van der Waals surface area contributed by atoms with Crippen molar-refractivity contribution in [3.63, 3.8) is 0 Å². The van der Waals surface area contributed by atoms with Crippen molar-refractivity contribution in [1.29, 1.82) is 0 Å². The van der Waals surface area contributed by atoms with Gasteiger partial charge in [-0.1, -0.05) is 67.4 Å². The van der Waals surface area contributed by atoms with Crippen molar-refractivity contribution in [1.82, 2.24) is 5.32 Å². The van der Waals surface area contributed by atoms with Crippen molar-refractivity contribution in [3.8, 4) is 0 Å². The molecule has 41 heavy (non-hydrogen) atoms. The molecule has 2 N–H and O–H groups in total. The zero-order valence-electron chi connectivity index (χ0n) is 23.8. The van der Waals surface area contributed by atoms with Crippen molar-refractivity contribution < 1.29 is 19.0 Å². The quantitative estimate of drug-likeness (QED) is 0.273. The van der Waals surface area contributed by atoms with Gasteiger partial charge in [0.15, 0.2) is 0 Å². The van der Waals surface area contributed by atoms with Crippen molar-refractivity contribution in [2.75, 3.05) is 18.5 Å². The number of benzene rings is 2. The number of nitrogens with zero attached hydrogens (tertiary/aromatic N) is 1. The van der Waals surface area contributed by atoms with Crippen LogP contribution in [0.15, 0.2) is 88.2 Å². The van der Waals surface area contributed by atoms with Crippen LogP contribution in [0, 0.1) is 11.7 Å². The van der Waals surface area contributed by atoms with Gasteiger partial charge >= 0.3 is 5.97 Å². The second kappa shape index (κ2) is 13.7. The van der Waals surface area contributed by atoms with Crippen LogP contribution in [-0.2, 0) is 4.74 Å². The van der Waals surface area contributed by atoms with Gasteiger partial charge in [-0.3, -0.25) is 0 Å². The number of likely N-dealkylation sites (N-methyl/N-ethyl adjacent to an activating group) is 1. The summed E-state index contributed by atoms with van der Waals surface area (Å²) < 4.78 is 20.9. The van der Waals surface area contributed by atoms with Crippen LogP contribution < -0.4 is 10.2 Å². The highest BCUT2D eigenvalue weighted by molar-refractivity contribution is 6.35. The van der Waals surface area contributed by atoms with Gasteiger partial charge in [-0.15, -0.1) is 0 Å². The summed E-state index contributed by atoms with van der Waals surface area (Å²) in [6.07, 6.45) is 7.16. The molecule has 2 aliphatic carbocycles. The van der Waals surface area contributed by atoms with Crippen molar-refractivity contribution >= 4 is 40.4 Å². The van der Waals surface area contributed by atoms with Crippen LogP contribution in [0.25, 0.3) is 5.57 Å². The molecule has 0 spiro atoms. The third-order valence-electron chi connectivity index (χ3n) is 7.46. The number of nitrogens with one attached hydrogen (secondary N) is 1. The van der Waals surface area contributed by atoms with Gasteiger partial charge in [0.2, 0.25) is 0 Å². The van der Waals surface area contributed by atoms with Crippen LogP contribution in [0.4, 0.5) is 10.1 Å². The summed E-state index contributed by atoms with van der Waals surface area (Å²) in [6.45, 7) is 7.30. The summed E-state index contributed by atoms with van der Waals surface area (Å²) in [5.74, 6) is -0.900. The Labute approximate surface area is 252 Å². The maximum atomic E-state index is 14.3. The van der Waals surface area contributed by atoms with Gasteiger partial charge in [0.1, 0.15) is 17.7 Å². The highest BCUT2D eigenvalue weighted by Gasteiger charge is 2.31. The van der Waals surface area contributed by atoms with Gasteiger partial charge in [-0.25, -0.2) is 9.18 Å². The number of carboxylic acids is 1. The molecule has 0 bridgehead atoms. The lowest BCUT2D eigenvalue weighted by molar-refractivity contribution is 0.0691. The summed E-state index contributed by atoms with van der Waals surface area (Å²) in [6, 6.07) is 14.7. The lowest BCUT2D eigenvalue weighted by Crippen LogP contribution is -2.46. The van der Waals surface area contributed by atoms with E-state index in [9.17, 15) is 14.3 Å². The molecular formula is C33H37Cl2FN2O3. The second-order valence-corrected chi connectivity index (χ2v) is 12.0. The molecule has 2 unspecified atom stereocenters. The number of hydrogen-bond acceptors (Lipinski definition) is 4. The monoisotopic (exact) mass is 598 g/mol. The molecule has 0 amide bonds. The number of ether oxygens (including phenoxy) is 1. The number of aromatic carboxylic acids is 1. The molecule has 0 heterocycles. The average Bonchev–Trinajstić information content (AvgIpc) is 2.92. The summed E-state index contributed by atoms with van der Waals surface area (Å²) in [5, 5.41) is 14.2. The Hall–Kier alpha value is -3.06. The molecule has 0 radical (unpaired) electrons. The molecule has 2 aromatic carbocycles. The zero-order valence-corrected chi connectivity index (χ0v) is 25.3. The maximum Gasteiger partial charge on any atom is 0.338 e. The van der Waals surface area contributed by atoms with Crippen molar-refractivity contribution in [2.24, 2.45) is 5.92 Å². The first kappa shape index (κ1) is 30.9. The third-order valence-corrected chi connectivity index (χ3v) is 7.96. The Morgan fingerprint density at radius 2 is 1.88 bits per heavy atom. The van der Waals surface area contributed by atoms with Gasteiger partial charge < -0.3 is 20.1 Å². The number of carboxylic acid groups (broad SMARTS) is 1. The fourth-order valence-electron chi connectivity index (χ4n) is 5.49. The first-order chi connectivity index (χ1) is 19.5. The largest absolute Gasteiger partial charge is 0.490 e. The molecule has 0 saturated heterocycles. The molecule has 2 aliphatic rings. The highest BCUT2D eigenvalue weighted by Crippen LogP contribution is 2.38. The minimum Gasteiger partial charge on any atom is -0.490 e. The number of allylic oxidation sites excluding steroid dienone is 4. The number of rotatable bonds is 11. The Morgan fingerprint density at radius 3 is 2.51 bits per heavy atom. The highest BCUT2D eigenvalue weighted by atomic mass is 35.5. The summed E-state index contributed by atoms with van der Waals surface area (Å²) in [7, 11) is 2.00. The molecular weight excluding hydrogens is 562 g/mol. The Bertz CT molecular complexity index is 1380. The van der Waals surface area contributed by atoms with Crippen LogP contribution in [0.3, 0.4) is 0 Å². The standard InChI is InChI=1S/C33H37Cl2FN2O3/c1-20(2)12-25(37-4)19-38(26-8-6-5-7-9-26)31-18-32(41-27-16-23(34)15-24(35)17-27)28(13-21(31)3)22-10-11-30(36)29(14-22)33(39)40/h5-11,13-16,20,25,27,31,37H,12,17-19H2,1-4H3,(H,39,40)/t25-,27?,31?/m1/s1. The van der Waals surface area contributed by atoms with E-state index in [1.807, 2.05) is 37.4 Å². The van der Waals surface area contributed by atoms with E-state index in [0.717, 1.165) is 29.8 Å². The van der Waals surface area contributed by atoms with E-state index in [-0.39, 0.29) is 17.6 Å². The number of carbonyl (C=O) groups is 1. The molecule has 2 aromatic rings. The summed E-state index contributed by atoms with van der Waals surface area (Å²) in [5.41, 5.74) is 3.09. The predicted molar refractivity (Wildman–Crippen MR) is 166 cm³/mol. The predicted octanol–water partition coefficient (Wildman–Crippen LogP) is 8.13. The normalized spacial score (nSPS) is 19.9. The lowest BCUT2D eigenvalue weighted by Gasteiger charge is -2.40. The topological polar surface area (TPSA) is 61.8 Å². The van der Waals surface area contributed by atoms with Crippen LogP contribution in [0.2, 0.25) is 0 Å². The minimum absolute atomic E-state index is 0.0346. The van der Waals surface area contributed by atoms with Gasteiger partial charge in [0.25, 0.3) is 0 Å². The van der Waals surface area contributed by atoms with E-state index >= 15 is 0 Å². The van der Waals surface area contributed by atoms with Crippen LogP contribution >= 0.6 is 23.2 Å². The van der Waals surface area contributed by atoms with E-state index < -0.39 is 17.9 Å². The van der Waals surface area contributed by atoms with Crippen LogP contribution in [0.1, 0.15) is 56.0 Å². The van der Waals surface area contributed by atoms with E-state index in [2.05, 4.69) is 43.1 Å². The number of hydrogen-bond donors (Lipinski definition) is 2. The molecule has 218 valence electrons. The molecule has 4 rings (SSSR count). The number of anilines is 1. The first-order valence-electron chi connectivity index (χ1n) is 13.9. The molecule has 0 aromatic heterocycles. The smallest absolute Gasteiger partial charge is 0.338 e. The fraction of sp³-hybridized carbons (Fsp3) is 0.364. The SMILES string of the molecule is CN[C@H](CC(C)C)CN(c1ccccc1)C1CC(OC2C=C(Cl)C=C(Cl)C2)=C(c2ccc(F)c(C(=O)O)c2)C=C1C. The Balaban J connectivity index is 1.78. The molecule has 0 fully saturated rings. The second-order valence-electron chi connectivity index (χ2n) is 11.1. The van der Waals surface area contributed by atoms with Gasteiger partial charge in [0.05, 0.1) is 11.6 Å². The van der Waals surface area contributed by atoms with Crippen molar-refractivity contribution in [2.45, 2.75) is 58.2 Å². The van der Waals surface area contributed by atoms with Gasteiger partial charge in [-0.2, -0.15) is 0 Å². The first-order valence-corrected chi connectivity index (χ1v) is 14.6. The maximum absolute atomic E-state index is 14.3. The average molecular weight is 600 g/mol. The zero-order chi connectivity index (χ0) is 29.7. The number of para-hydroxylation sites is 1. The molecule has 3 atom stereocenters. The van der Waals surface area contributed by atoms with Crippen molar-refractivity contribution in [3.05, 3.63) is 105 Å². The molecule has 8 heteroatoms. The third kappa shape index (κ3) is 7.82. The van der Waals surface area contributed by atoms with E-state index in [4.69, 9.17) is 27.9 Å².